The molecule has 1 heterocycles. The van der Waals surface area contributed by atoms with E-state index in [1.807, 2.05) is 56.3 Å². The zero-order valence-electron chi connectivity index (χ0n) is 16.5. The summed E-state index contributed by atoms with van der Waals surface area (Å²) in [7, 11) is 0. The van der Waals surface area contributed by atoms with Gasteiger partial charge in [-0.25, -0.2) is 4.98 Å². The molecule has 28 heavy (non-hydrogen) atoms. The molecule has 0 aliphatic carbocycles. The topological polar surface area (TPSA) is 70.7 Å². The summed E-state index contributed by atoms with van der Waals surface area (Å²) >= 11 is 1.36. The van der Waals surface area contributed by atoms with Gasteiger partial charge in [-0.2, -0.15) is 0 Å². The first-order valence-electron chi connectivity index (χ1n) is 9.58. The lowest BCUT2D eigenvalue weighted by atomic mass is 10.0. The fourth-order valence-corrected chi connectivity index (χ4v) is 3.67. The molecule has 2 N–H and O–H groups in total. The Morgan fingerprint density at radius 3 is 2.54 bits per heavy atom. The molecule has 146 valence electrons. The molecule has 0 saturated heterocycles. The van der Waals surface area contributed by atoms with Crippen molar-refractivity contribution in [1.29, 1.82) is 0 Å². The van der Waals surface area contributed by atoms with E-state index in [1.165, 1.54) is 17.3 Å². The van der Waals surface area contributed by atoms with Crippen molar-refractivity contribution in [2.45, 2.75) is 50.1 Å². The Morgan fingerprint density at radius 2 is 1.86 bits per heavy atom. The van der Waals surface area contributed by atoms with Crippen LogP contribution in [-0.2, 0) is 4.79 Å². The van der Waals surface area contributed by atoms with Gasteiger partial charge in [0.1, 0.15) is 0 Å². The monoisotopic (exact) mass is 394 g/mol. The highest BCUT2D eigenvalue weighted by Gasteiger charge is 2.21. The second kappa shape index (κ2) is 9.55. The Morgan fingerprint density at radius 1 is 1.14 bits per heavy atom. The molecule has 0 spiro atoms. The smallest absolute Gasteiger partial charge is 0.233 e. The van der Waals surface area contributed by atoms with Crippen LogP contribution in [-0.4, -0.2) is 26.3 Å². The number of carbonyl (C=O) groups is 1. The fraction of sp³-hybridized carbons (Fsp3) is 0.318. The number of aromatic nitrogens is 3. The van der Waals surface area contributed by atoms with Crippen molar-refractivity contribution in [1.82, 2.24) is 20.5 Å². The van der Waals surface area contributed by atoms with Crippen molar-refractivity contribution in [3.63, 3.8) is 0 Å². The number of hydrogen-bond donors (Lipinski definition) is 2. The van der Waals surface area contributed by atoms with E-state index in [0.717, 1.165) is 24.0 Å². The van der Waals surface area contributed by atoms with Crippen LogP contribution in [0.15, 0.2) is 59.8 Å². The number of benzene rings is 2. The SMILES string of the molecule is CCCC(NC(=O)C(C)Sc1n[nH]c(-c2ccc(C)cc2)n1)c1ccccc1. The summed E-state index contributed by atoms with van der Waals surface area (Å²) in [6.07, 6.45) is 1.91. The summed E-state index contributed by atoms with van der Waals surface area (Å²) in [6.45, 7) is 6.06. The number of H-pyrrole nitrogens is 1. The van der Waals surface area contributed by atoms with E-state index in [-0.39, 0.29) is 17.2 Å². The fourth-order valence-electron chi connectivity index (χ4n) is 2.94. The van der Waals surface area contributed by atoms with Crippen LogP contribution >= 0.6 is 11.8 Å². The number of amides is 1. The number of thioether (sulfide) groups is 1. The van der Waals surface area contributed by atoms with E-state index in [1.54, 1.807) is 0 Å². The summed E-state index contributed by atoms with van der Waals surface area (Å²) in [4.78, 5) is 17.2. The standard InChI is InChI=1S/C22H26N4OS/c1-4-8-19(17-9-6-5-7-10-17)23-21(27)16(3)28-22-24-20(25-26-22)18-13-11-15(2)12-14-18/h5-7,9-14,16,19H,4,8H2,1-3H3,(H,23,27)(H,24,25,26). The van der Waals surface area contributed by atoms with Crippen LogP contribution in [0.2, 0.25) is 0 Å². The van der Waals surface area contributed by atoms with E-state index < -0.39 is 0 Å². The van der Waals surface area contributed by atoms with E-state index in [2.05, 4.69) is 39.6 Å². The van der Waals surface area contributed by atoms with Gasteiger partial charge in [-0.3, -0.25) is 9.89 Å². The maximum atomic E-state index is 12.7. The lowest BCUT2D eigenvalue weighted by Crippen LogP contribution is -2.34. The lowest BCUT2D eigenvalue weighted by molar-refractivity contribution is -0.121. The highest BCUT2D eigenvalue weighted by Crippen LogP contribution is 2.24. The third-order valence-corrected chi connectivity index (χ3v) is 5.50. The minimum absolute atomic E-state index is 0.00557. The number of hydrogen-bond acceptors (Lipinski definition) is 4. The van der Waals surface area contributed by atoms with Gasteiger partial charge >= 0.3 is 0 Å². The van der Waals surface area contributed by atoms with Crippen molar-refractivity contribution in [2.75, 3.05) is 0 Å². The molecule has 5 nitrogen and oxygen atoms in total. The number of nitrogens with one attached hydrogen (secondary N) is 2. The molecule has 3 rings (SSSR count). The summed E-state index contributed by atoms with van der Waals surface area (Å²) in [5, 5.41) is 10.7. The van der Waals surface area contributed by atoms with Crippen molar-refractivity contribution in [2.24, 2.45) is 0 Å². The number of nitrogens with zero attached hydrogens (tertiary/aromatic N) is 2. The van der Waals surface area contributed by atoms with Crippen molar-refractivity contribution >= 4 is 17.7 Å². The van der Waals surface area contributed by atoms with Gasteiger partial charge < -0.3 is 5.32 Å². The Hall–Kier alpha value is -2.60. The quantitative estimate of drug-likeness (QED) is 0.532. The van der Waals surface area contributed by atoms with Crippen LogP contribution in [0.4, 0.5) is 0 Å². The molecule has 0 aliphatic rings. The number of aryl methyl sites for hydroxylation is 1. The van der Waals surface area contributed by atoms with Gasteiger partial charge in [0.15, 0.2) is 5.82 Å². The summed E-state index contributed by atoms with van der Waals surface area (Å²) in [6, 6.07) is 18.2. The van der Waals surface area contributed by atoms with Crippen LogP contribution in [0.1, 0.15) is 43.9 Å². The highest BCUT2D eigenvalue weighted by atomic mass is 32.2. The molecule has 2 unspecified atom stereocenters. The van der Waals surface area contributed by atoms with E-state index in [0.29, 0.717) is 11.0 Å². The van der Waals surface area contributed by atoms with Gasteiger partial charge in [-0.1, -0.05) is 85.3 Å². The Labute approximate surface area is 170 Å². The second-order valence-electron chi connectivity index (χ2n) is 6.85. The van der Waals surface area contributed by atoms with Gasteiger partial charge in [0.05, 0.1) is 11.3 Å². The van der Waals surface area contributed by atoms with E-state index in [4.69, 9.17) is 0 Å². The maximum absolute atomic E-state index is 12.7. The third-order valence-electron chi connectivity index (χ3n) is 4.54. The maximum Gasteiger partial charge on any atom is 0.233 e. The predicted molar refractivity (Wildman–Crippen MR) is 114 cm³/mol. The molecule has 0 fully saturated rings. The summed E-state index contributed by atoms with van der Waals surface area (Å²) in [5.41, 5.74) is 3.31. The van der Waals surface area contributed by atoms with Gasteiger partial charge in [0, 0.05) is 5.56 Å². The Balaban J connectivity index is 1.63. The molecule has 0 aliphatic heterocycles. The van der Waals surface area contributed by atoms with E-state index >= 15 is 0 Å². The summed E-state index contributed by atoms with van der Waals surface area (Å²) in [5.74, 6) is 0.706. The molecule has 2 aromatic carbocycles. The minimum atomic E-state index is -0.287. The molecular weight excluding hydrogens is 368 g/mol. The lowest BCUT2D eigenvalue weighted by Gasteiger charge is -2.20. The van der Waals surface area contributed by atoms with E-state index in [9.17, 15) is 4.79 Å². The second-order valence-corrected chi connectivity index (χ2v) is 8.16. The number of carbonyl (C=O) groups excluding carboxylic acids is 1. The number of aromatic amines is 1. The summed E-state index contributed by atoms with van der Waals surface area (Å²) < 4.78 is 0. The zero-order valence-corrected chi connectivity index (χ0v) is 17.3. The first-order chi connectivity index (χ1) is 13.6. The van der Waals surface area contributed by atoms with Crippen LogP contribution in [0.25, 0.3) is 11.4 Å². The van der Waals surface area contributed by atoms with Gasteiger partial charge in [-0.15, -0.1) is 5.10 Å². The molecule has 6 heteroatoms. The van der Waals surface area contributed by atoms with Crippen molar-refractivity contribution in [3.05, 3.63) is 65.7 Å². The Kier molecular flexibility index (Phi) is 6.87. The predicted octanol–water partition coefficient (Wildman–Crippen LogP) is 4.92. The third kappa shape index (κ3) is 5.23. The normalized spacial score (nSPS) is 13.1. The zero-order chi connectivity index (χ0) is 19.9. The average Bonchev–Trinajstić information content (AvgIpc) is 3.17. The highest BCUT2D eigenvalue weighted by molar-refractivity contribution is 8.00. The molecule has 0 bridgehead atoms. The molecule has 0 radical (unpaired) electrons. The van der Waals surface area contributed by atoms with Crippen LogP contribution in [0.3, 0.4) is 0 Å². The van der Waals surface area contributed by atoms with Gasteiger partial charge in [-0.05, 0) is 25.8 Å². The molecule has 3 aromatic rings. The average molecular weight is 395 g/mol. The molecule has 1 aromatic heterocycles. The first-order valence-corrected chi connectivity index (χ1v) is 10.5. The molecule has 0 saturated carbocycles. The van der Waals surface area contributed by atoms with Crippen molar-refractivity contribution < 1.29 is 4.79 Å². The van der Waals surface area contributed by atoms with Crippen LogP contribution < -0.4 is 5.32 Å². The van der Waals surface area contributed by atoms with Crippen LogP contribution in [0.5, 0.6) is 0 Å². The molecule has 1 amide bonds. The Bertz CT molecular complexity index is 892. The molecule has 2 atom stereocenters. The molecular formula is C22H26N4OS. The van der Waals surface area contributed by atoms with Crippen LogP contribution in [0, 0.1) is 6.92 Å². The van der Waals surface area contributed by atoms with Crippen molar-refractivity contribution in [3.8, 4) is 11.4 Å². The van der Waals surface area contributed by atoms with Gasteiger partial charge in [0.25, 0.3) is 0 Å². The minimum Gasteiger partial charge on any atom is -0.348 e. The number of rotatable bonds is 8. The van der Waals surface area contributed by atoms with Gasteiger partial charge in [0.2, 0.25) is 11.1 Å². The largest absolute Gasteiger partial charge is 0.348 e. The first kappa shape index (κ1) is 20.1.